The minimum Gasteiger partial charge on any atom is -0.352 e. The molecule has 0 amide bonds. The van der Waals surface area contributed by atoms with Crippen molar-refractivity contribution < 1.29 is 12.8 Å². The van der Waals surface area contributed by atoms with Crippen molar-refractivity contribution in [3.05, 3.63) is 71.5 Å². The maximum Gasteiger partial charge on any atom is 0.243 e. The average Bonchev–Trinajstić information content (AvgIpc) is 2.74. The summed E-state index contributed by atoms with van der Waals surface area (Å²) in [4.78, 5) is 1.94. The Bertz CT molecular complexity index is 1120. The summed E-state index contributed by atoms with van der Waals surface area (Å²) in [5, 5.41) is 9.14. The Hall–Kier alpha value is -2.55. The van der Waals surface area contributed by atoms with Gasteiger partial charge in [0.2, 0.25) is 10.0 Å². The SMILES string of the molecule is O=S(=O)(c1cccc(F)c1)N1CCN(c2ccc(-c3ccccc3Cl)nn2)CC1. The number of halogens is 2. The summed E-state index contributed by atoms with van der Waals surface area (Å²) in [6, 6.07) is 16.2. The second-order valence-electron chi connectivity index (χ2n) is 6.61. The van der Waals surface area contributed by atoms with Gasteiger partial charge in [0.25, 0.3) is 0 Å². The molecule has 1 saturated heterocycles. The van der Waals surface area contributed by atoms with Gasteiger partial charge in [-0.1, -0.05) is 35.9 Å². The first-order valence-corrected chi connectivity index (χ1v) is 10.9. The van der Waals surface area contributed by atoms with Gasteiger partial charge < -0.3 is 4.90 Å². The highest BCUT2D eigenvalue weighted by atomic mass is 35.5. The van der Waals surface area contributed by atoms with Crippen LogP contribution in [0.25, 0.3) is 11.3 Å². The van der Waals surface area contributed by atoms with Gasteiger partial charge in [-0.15, -0.1) is 10.2 Å². The van der Waals surface area contributed by atoms with E-state index in [0.717, 1.165) is 11.6 Å². The summed E-state index contributed by atoms with van der Waals surface area (Å²) in [7, 11) is -3.72. The molecule has 2 heterocycles. The lowest BCUT2D eigenvalue weighted by atomic mass is 10.1. The fourth-order valence-corrected chi connectivity index (χ4v) is 4.93. The zero-order valence-electron chi connectivity index (χ0n) is 15.4. The van der Waals surface area contributed by atoms with Crippen molar-refractivity contribution in [1.29, 1.82) is 0 Å². The van der Waals surface area contributed by atoms with E-state index < -0.39 is 15.8 Å². The van der Waals surface area contributed by atoms with E-state index in [1.54, 1.807) is 6.07 Å². The number of piperazine rings is 1. The molecule has 0 spiro atoms. The molecule has 9 heteroatoms. The van der Waals surface area contributed by atoms with Gasteiger partial charge in [0.05, 0.1) is 15.6 Å². The van der Waals surface area contributed by atoms with Crippen LogP contribution in [0.3, 0.4) is 0 Å². The summed E-state index contributed by atoms with van der Waals surface area (Å²) in [6.45, 7) is 1.50. The van der Waals surface area contributed by atoms with Gasteiger partial charge >= 0.3 is 0 Å². The third kappa shape index (κ3) is 4.10. The summed E-state index contributed by atoms with van der Waals surface area (Å²) < 4.78 is 40.2. The first-order chi connectivity index (χ1) is 13.9. The fraction of sp³-hybridized carbons (Fsp3) is 0.200. The fourth-order valence-electron chi connectivity index (χ4n) is 3.24. The van der Waals surface area contributed by atoms with E-state index in [2.05, 4.69) is 10.2 Å². The second-order valence-corrected chi connectivity index (χ2v) is 8.95. The van der Waals surface area contributed by atoms with E-state index in [1.807, 2.05) is 35.2 Å². The molecule has 2 aromatic carbocycles. The maximum absolute atomic E-state index is 13.4. The highest BCUT2D eigenvalue weighted by Crippen LogP contribution is 2.26. The molecule has 150 valence electrons. The Morgan fingerprint density at radius 1 is 0.897 bits per heavy atom. The predicted octanol–water partition coefficient (Wildman–Crippen LogP) is 3.45. The number of rotatable bonds is 4. The molecule has 1 aromatic heterocycles. The van der Waals surface area contributed by atoms with Crippen LogP contribution in [-0.4, -0.2) is 49.1 Å². The Kier molecular flexibility index (Phi) is 5.49. The third-order valence-electron chi connectivity index (χ3n) is 4.80. The molecule has 6 nitrogen and oxygen atoms in total. The van der Waals surface area contributed by atoms with E-state index >= 15 is 0 Å². The van der Waals surface area contributed by atoms with Crippen LogP contribution in [0, 0.1) is 5.82 Å². The molecule has 1 aliphatic heterocycles. The smallest absolute Gasteiger partial charge is 0.243 e. The van der Waals surface area contributed by atoms with Crippen LogP contribution >= 0.6 is 11.6 Å². The quantitative estimate of drug-likeness (QED) is 0.631. The summed E-state index contributed by atoms with van der Waals surface area (Å²) in [5.74, 6) is 0.0993. The highest BCUT2D eigenvalue weighted by molar-refractivity contribution is 7.89. The number of benzene rings is 2. The number of aromatic nitrogens is 2. The van der Waals surface area contributed by atoms with Gasteiger partial charge in [0, 0.05) is 31.7 Å². The van der Waals surface area contributed by atoms with Gasteiger partial charge in [-0.2, -0.15) is 4.31 Å². The molecular formula is C20H18ClFN4O2S. The van der Waals surface area contributed by atoms with Crippen molar-refractivity contribution in [2.45, 2.75) is 4.90 Å². The lowest BCUT2D eigenvalue weighted by Gasteiger charge is -2.34. The first-order valence-electron chi connectivity index (χ1n) is 9.04. The zero-order chi connectivity index (χ0) is 20.4. The van der Waals surface area contributed by atoms with E-state index in [9.17, 15) is 12.8 Å². The number of sulfonamides is 1. The molecule has 0 saturated carbocycles. The van der Waals surface area contributed by atoms with E-state index in [4.69, 9.17) is 11.6 Å². The Labute approximate surface area is 173 Å². The Morgan fingerprint density at radius 2 is 1.66 bits per heavy atom. The van der Waals surface area contributed by atoms with Crippen LogP contribution in [0.4, 0.5) is 10.2 Å². The van der Waals surface area contributed by atoms with Gasteiger partial charge in [-0.05, 0) is 36.4 Å². The van der Waals surface area contributed by atoms with Crippen LogP contribution in [0.15, 0.2) is 65.6 Å². The standard InChI is InChI=1S/C20H18ClFN4O2S/c21-18-7-2-1-6-17(18)19-8-9-20(24-23-19)25-10-12-26(13-11-25)29(27,28)16-5-3-4-15(22)14-16/h1-9,14H,10-13H2. The largest absolute Gasteiger partial charge is 0.352 e. The summed E-state index contributed by atoms with van der Waals surface area (Å²) in [6.07, 6.45) is 0. The topological polar surface area (TPSA) is 66.4 Å². The van der Waals surface area contributed by atoms with Crippen LogP contribution in [0.2, 0.25) is 5.02 Å². The third-order valence-corrected chi connectivity index (χ3v) is 7.02. The molecule has 0 aliphatic carbocycles. The van der Waals surface area contributed by atoms with Gasteiger partial charge in [0.15, 0.2) is 5.82 Å². The number of hydrogen-bond donors (Lipinski definition) is 0. The van der Waals surface area contributed by atoms with E-state index in [1.165, 1.54) is 22.5 Å². The van der Waals surface area contributed by atoms with Crippen molar-refractivity contribution in [2.24, 2.45) is 0 Å². The van der Waals surface area contributed by atoms with Gasteiger partial charge in [0.1, 0.15) is 5.82 Å². The lowest BCUT2D eigenvalue weighted by molar-refractivity contribution is 0.383. The van der Waals surface area contributed by atoms with Crippen LogP contribution < -0.4 is 4.90 Å². The predicted molar refractivity (Wildman–Crippen MR) is 110 cm³/mol. The second kappa shape index (κ2) is 8.06. The van der Waals surface area contributed by atoms with Crippen molar-refractivity contribution in [3.8, 4) is 11.3 Å². The van der Waals surface area contributed by atoms with Gasteiger partial charge in [-0.25, -0.2) is 12.8 Å². The lowest BCUT2D eigenvalue weighted by Crippen LogP contribution is -2.49. The molecule has 1 fully saturated rings. The van der Waals surface area contributed by atoms with Crippen LogP contribution in [0.5, 0.6) is 0 Å². The average molecular weight is 433 g/mol. The highest BCUT2D eigenvalue weighted by Gasteiger charge is 2.29. The minimum absolute atomic E-state index is 0.0326. The van der Waals surface area contributed by atoms with Crippen LogP contribution in [-0.2, 0) is 10.0 Å². The molecule has 0 N–H and O–H groups in total. The van der Waals surface area contributed by atoms with Crippen LogP contribution in [0.1, 0.15) is 0 Å². The Balaban J connectivity index is 1.45. The molecule has 0 radical (unpaired) electrons. The molecular weight excluding hydrogens is 415 g/mol. The summed E-state index contributed by atoms with van der Waals surface area (Å²) >= 11 is 6.20. The number of hydrogen-bond acceptors (Lipinski definition) is 5. The van der Waals surface area contributed by atoms with Crippen molar-refractivity contribution in [1.82, 2.24) is 14.5 Å². The van der Waals surface area contributed by atoms with Crippen molar-refractivity contribution in [3.63, 3.8) is 0 Å². The molecule has 0 bridgehead atoms. The van der Waals surface area contributed by atoms with E-state index in [-0.39, 0.29) is 18.0 Å². The molecule has 29 heavy (non-hydrogen) atoms. The van der Waals surface area contributed by atoms with E-state index in [0.29, 0.717) is 29.6 Å². The Morgan fingerprint density at radius 3 is 2.31 bits per heavy atom. The first kappa shape index (κ1) is 19.8. The number of anilines is 1. The molecule has 3 aromatic rings. The molecule has 4 rings (SSSR count). The monoisotopic (exact) mass is 432 g/mol. The molecule has 1 aliphatic rings. The maximum atomic E-state index is 13.4. The zero-order valence-corrected chi connectivity index (χ0v) is 16.9. The molecule has 0 atom stereocenters. The number of nitrogens with zero attached hydrogens (tertiary/aromatic N) is 4. The van der Waals surface area contributed by atoms with Gasteiger partial charge in [-0.3, -0.25) is 0 Å². The summed E-state index contributed by atoms with van der Waals surface area (Å²) in [5.41, 5.74) is 1.48. The normalized spacial score (nSPS) is 15.4. The van der Waals surface area contributed by atoms with Crippen molar-refractivity contribution >= 4 is 27.4 Å². The minimum atomic E-state index is -3.72. The van der Waals surface area contributed by atoms with Crippen molar-refractivity contribution in [2.75, 3.05) is 31.1 Å². The molecule has 0 unspecified atom stereocenters.